The largest absolute Gasteiger partial charge is 0.478 e. The maximum Gasteiger partial charge on any atom is 0.335 e. The van der Waals surface area contributed by atoms with E-state index >= 15 is 0 Å². The minimum absolute atomic E-state index is 0.211. The number of carbonyl (C=O) groups is 1. The maximum absolute atomic E-state index is 11.1. The van der Waals surface area contributed by atoms with Crippen molar-refractivity contribution >= 4 is 17.6 Å². The highest BCUT2D eigenvalue weighted by Crippen LogP contribution is 2.32. The number of likely N-dealkylation sites (tertiary alicyclic amines) is 1. The number of hydrogen-bond donors (Lipinski definition) is 1. The summed E-state index contributed by atoms with van der Waals surface area (Å²) < 4.78 is 2.03. The summed E-state index contributed by atoms with van der Waals surface area (Å²) in [5, 5.41) is 9.90. The summed E-state index contributed by atoms with van der Waals surface area (Å²) in [6.45, 7) is 2.82. The van der Waals surface area contributed by atoms with Gasteiger partial charge in [0.15, 0.2) is 0 Å². The van der Waals surface area contributed by atoms with Crippen LogP contribution in [0.5, 0.6) is 0 Å². The van der Waals surface area contributed by atoms with Crippen LogP contribution in [0.15, 0.2) is 55.1 Å². The van der Waals surface area contributed by atoms with Gasteiger partial charge in [0.1, 0.15) is 5.69 Å². The van der Waals surface area contributed by atoms with Crippen molar-refractivity contribution < 1.29 is 9.90 Å². The van der Waals surface area contributed by atoms with Crippen molar-refractivity contribution in [3.63, 3.8) is 0 Å². The van der Waals surface area contributed by atoms with E-state index < -0.39 is 5.97 Å². The Labute approximate surface area is 168 Å². The van der Waals surface area contributed by atoms with Gasteiger partial charge in [0.2, 0.25) is 0 Å². The summed E-state index contributed by atoms with van der Waals surface area (Å²) in [7, 11) is 0. The molecule has 1 saturated heterocycles. The SMILES string of the molecule is O=C(O)c1ccnc(-c2cn(CCN3CCC[C@@H]3c3ccc(Cl)cc3)cn2)c1. The van der Waals surface area contributed by atoms with E-state index in [-0.39, 0.29) is 5.56 Å². The smallest absolute Gasteiger partial charge is 0.335 e. The number of rotatable bonds is 6. The van der Waals surface area contributed by atoms with E-state index in [2.05, 4.69) is 27.0 Å². The van der Waals surface area contributed by atoms with Gasteiger partial charge in [-0.2, -0.15) is 0 Å². The molecule has 1 atom stereocenters. The first-order chi connectivity index (χ1) is 13.6. The summed E-state index contributed by atoms with van der Waals surface area (Å²) >= 11 is 6.01. The van der Waals surface area contributed by atoms with E-state index in [1.54, 1.807) is 12.4 Å². The zero-order valence-electron chi connectivity index (χ0n) is 15.3. The third kappa shape index (κ3) is 4.08. The summed E-state index contributed by atoms with van der Waals surface area (Å²) in [6, 6.07) is 11.6. The number of carboxylic acids is 1. The van der Waals surface area contributed by atoms with Crippen molar-refractivity contribution in [3.05, 3.63) is 71.3 Å². The number of hydrogen-bond acceptors (Lipinski definition) is 4. The molecule has 4 rings (SSSR count). The van der Waals surface area contributed by atoms with Crippen molar-refractivity contribution in [3.8, 4) is 11.4 Å². The molecular formula is C21H21ClN4O2. The molecule has 28 heavy (non-hydrogen) atoms. The summed E-state index contributed by atoms with van der Waals surface area (Å²) in [5.41, 5.74) is 2.77. The zero-order valence-corrected chi connectivity index (χ0v) is 16.1. The maximum atomic E-state index is 11.1. The van der Waals surface area contributed by atoms with Gasteiger partial charge in [-0.05, 0) is 49.2 Å². The highest BCUT2D eigenvalue weighted by molar-refractivity contribution is 6.30. The predicted molar refractivity (Wildman–Crippen MR) is 107 cm³/mol. The summed E-state index contributed by atoms with van der Waals surface area (Å²) in [5.74, 6) is -0.967. The second kappa shape index (κ2) is 8.12. The van der Waals surface area contributed by atoms with Crippen molar-refractivity contribution in [2.45, 2.75) is 25.4 Å². The van der Waals surface area contributed by atoms with Crippen LogP contribution in [0.1, 0.15) is 34.8 Å². The van der Waals surface area contributed by atoms with Crippen LogP contribution in [0, 0.1) is 0 Å². The highest BCUT2D eigenvalue weighted by atomic mass is 35.5. The molecule has 3 heterocycles. The minimum atomic E-state index is -0.967. The average Bonchev–Trinajstić information content (AvgIpc) is 3.36. The molecule has 3 aromatic rings. The summed E-state index contributed by atoms with van der Waals surface area (Å²) in [6.07, 6.45) is 7.54. The van der Waals surface area contributed by atoms with Crippen molar-refractivity contribution in [1.82, 2.24) is 19.4 Å². The Bertz CT molecular complexity index is 971. The fourth-order valence-corrected chi connectivity index (χ4v) is 3.84. The van der Waals surface area contributed by atoms with Gasteiger partial charge in [-0.3, -0.25) is 9.88 Å². The number of aromatic carboxylic acids is 1. The number of aromatic nitrogens is 3. The first kappa shape index (κ1) is 18.7. The Morgan fingerprint density at radius 3 is 2.75 bits per heavy atom. The molecule has 1 N–H and O–H groups in total. The van der Waals surface area contributed by atoms with Crippen LogP contribution in [0.3, 0.4) is 0 Å². The number of imidazole rings is 1. The van der Waals surface area contributed by atoms with E-state index in [0.29, 0.717) is 17.4 Å². The molecule has 2 aromatic heterocycles. The van der Waals surface area contributed by atoms with E-state index in [0.717, 1.165) is 31.1 Å². The molecule has 0 amide bonds. The zero-order chi connectivity index (χ0) is 19.5. The lowest BCUT2D eigenvalue weighted by molar-refractivity contribution is 0.0697. The lowest BCUT2D eigenvalue weighted by Crippen LogP contribution is -2.27. The molecule has 0 unspecified atom stereocenters. The first-order valence-electron chi connectivity index (χ1n) is 9.31. The topological polar surface area (TPSA) is 71.2 Å². The molecular weight excluding hydrogens is 376 g/mol. The van der Waals surface area contributed by atoms with Crippen molar-refractivity contribution in [2.75, 3.05) is 13.1 Å². The number of halogens is 1. The lowest BCUT2D eigenvalue weighted by atomic mass is 10.0. The van der Waals surface area contributed by atoms with Gasteiger partial charge in [0.25, 0.3) is 0 Å². The Kier molecular flexibility index (Phi) is 5.41. The monoisotopic (exact) mass is 396 g/mol. The Balaban J connectivity index is 1.42. The Morgan fingerprint density at radius 2 is 1.96 bits per heavy atom. The number of pyridine rings is 1. The fraction of sp³-hybridized carbons (Fsp3) is 0.286. The number of carboxylic acid groups (broad SMARTS) is 1. The van der Waals surface area contributed by atoms with Crippen LogP contribution in [0.2, 0.25) is 5.02 Å². The normalized spacial score (nSPS) is 17.1. The molecule has 0 bridgehead atoms. The Hall–Kier alpha value is -2.70. The molecule has 0 aliphatic carbocycles. The van der Waals surface area contributed by atoms with Gasteiger partial charge in [-0.15, -0.1) is 0 Å². The standard InChI is InChI=1S/C21H21ClN4O2/c22-17-5-3-15(4-6-17)20-2-1-9-26(20)11-10-25-13-19(24-14-25)18-12-16(21(27)28)7-8-23-18/h3-8,12-14,20H,1-2,9-11H2,(H,27,28)/t20-/m1/s1. The molecule has 1 aromatic carbocycles. The third-order valence-corrected chi connectivity index (χ3v) is 5.42. The van der Waals surface area contributed by atoms with Crippen LogP contribution in [-0.4, -0.2) is 43.6 Å². The highest BCUT2D eigenvalue weighted by Gasteiger charge is 2.25. The molecule has 0 spiro atoms. The van der Waals surface area contributed by atoms with Gasteiger partial charge in [-0.25, -0.2) is 9.78 Å². The first-order valence-corrected chi connectivity index (χ1v) is 9.69. The lowest BCUT2D eigenvalue weighted by Gasteiger charge is -2.25. The van der Waals surface area contributed by atoms with Gasteiger partial charge in [-0.1, -0.05) is 23.7 Å². The van der Waals surface area contributed by atoms with Crippen LogP contribution < -0.4 is 0 Å². The van der Waals surface area contributed by atoms with E-state index in [1.807, 2.05) is 22.9 Å². The van der Waals surface area contributed by atoms with E-state index in [4.69, 9.17) is 16.7 Å². The molecule has 0 saturated carbocycles. The van der Waals surface area contributed by atoms with Gasteiger partial charge in [0.05, 0.1) is 17.6 Å². The van der Waals surface area contributed by atoms with Gasteiger partial charge < -0.3 is 9.67 Å². The van der Waals surface area contributed by atoms with E-state index in [9.17, 15) is 4.79 Å². The van der Waals surface area contributed by atoms with Crippen molar-refractivity contribution in [1.29, 1.82) is 0 Å². The number of nitrogens with zero attached hydrogens (tertiary/aromatic N) is 4. The molecule has 6 nitrogen and oxygen atoms in total. The Morgan fingerprint density at radius 1 is 1.14 bits per heavy atom. The molecule has 0 radical (unpaired) electrons. The molecule has 1 fully saturated rings. The number of benzene rings is 1. The van der Waals surface area contributed by atoms with Crippen LogP contribution >= 0.6 is 11.6 Å². The van der Waals surface area contributed by atoms with Gasteiger partial charge >= 0.3 is 5.97 Å². The van der Waals surface area contributed by atoms with E-state index in [1.165, 1.54) is 24.2 Å². The third-order valence-electron chi connectivity index (χ3n) is 5.17. The fourth-order valence-electron chi connectivity index (χ4n) is 3.72. The van der Waals surface area contributed by atoms with Crippen LogP contribution in [0.4, 0.5) is 0 Å². The average molecular weight is 397 g/mol. The molecule has 144 valence electrons. The predicted octanol–water partition coefficient (Wildman–Crippen LogP) is 4.13. The molecule has 1 aliphatic rings. The van der Waals surface area contributed by atoms with Crippen LogP contribution in [-0.2, 0) is 6.54 Å². The van der Waals surface area contributed by atoms with Crippen molar-refractivity contribution in [2.24, 2.45) is 0 Å². The van der Waals surface area contributed by atoms with Crippen LogP contribution in [0.25, 0.3) is 11.4 Å². The second-order valence-corrected chi connectivity index (χ2v) is 7.41. The molecule has 7 heteroatoms. The minimum Gasteiger partial charge on any atom is -0.478 e. The second-order valence-electron chi connectivity index (χ2n) is 6.98. The quantitative estimate of drug-likeness (QED) is 0.678. The molecule has 1 aliphatic heterocycles. The summed E-state index contributed by atoms with van der Waals surface area (Å²) in [4.78, 5) is 22.3. The van der Waals surface area contributed by atoms with Gasteiger partial charge in [0, 0.05) is 36.5 Å².